The van der Waals surface area contributed by atoms with E-state index in [1.54, 1.807) is 7.11 Å². The molecule has 0 amide bonds. The van der Waals surface area contributed by atoms with E-state index in [-0.39, 0.29) is 5.92 Å². The van der Waals surface area contributed by atoms with E-state index in [1.165, 1.54) is 11.8 Å². The highest BCUT2D eigenvalue weighted by atomic mass is 35.5. The molecule has 1 atom stereocenters. The molecule has 0 bridgehead atoms. The molecule has 1 aromatic carbocycles. The number of benzene rings is 1. The van der Waals surface area contributed by atoms with Crippen LogP contribution in [0.4, 0.5) is 0 Å². The first-order valence-electron chi connectivity index (χ1n) is 6.86. The zero-order valence-corrected chi connectivity index (χ0v) is 14.1. The van der Waals surface area contributed by atoms with Crippen LogP contribution < -0.4 is 0 Å². The predicted octanol–water partition coefficient (Wildman–Crippen LogP) is 3.50. The Morgan fingerprint density at radius 3 is 2.73 bits per heavy atom. The lowest BCUT2D eigenvalue weighted by molar-refractivity contribution is 0.185. The highest BCUT2D eigenvalue weighted by molar-refractivity contribution is 7.99. The molecule has 0 spiro atoms. The van der Waals surface area contributed by atoms with Crippen molar-refractivity contribution in [3.05, 3.63) is 29.3 Å². The summed E-state index contributed by atoms with van der Waals surface area (Å²) in [5.74, 6) is 1.43. The van der Waals surface area contributed by atoms with Gasteiger partial charge in [0.2, 0.25) is 0 Å². The van der Waals surface area contributed by atoms with Gasteiger partial charge in [-0.05, 0) is 31.2 Å². The van der Waals surface area contributed by atoms with E-state index in [4.69, 9.17) is 21.6 Å². The Morgan fingerprint density at radius 1 is 1.36 bits per heavy atom. The van der Waals surface area contributed by atoms with E-state index in [0.29, 0.717) is 23.9 Å². The molecule has 22 heavy (non-hydrogen) atoms. The highest BCUT2D eigenvalue weighted by Crippen LogP contribution is 2.26. The van der Waals surface area contributed by atoms with Gasteiger partial charge in [0.05, 0.1) is 25.1 Å². The fraction of sp³-hybridized carbons (Fsp3) is 0.400. The number of hydrogen-bond donors (Lipinski definition) is 0. The molecule has 0 aliphatic carbocycles. The third-order valence-corrected chi connectivity index (χ3v) is 4.50. The topological polar surface area (TPSA) is 63.7 Å². The third-order valence-electron chi connectivity index (χ3n) is 3.02. The number of aromatic nitrogens is 3. The normalized spacial score (nSPS) is 12.1. The standard InChI is InChI=1S/C15H17ClN4OS/c1-11(9-17)10-22-15-19-18-14(20(15)7-8-21-2)12-3-5-13(16)6-4-12/h3-6,11H,7-8,10H2,1-2H3/t11-/m1/s1. The molecule has 2 rings (SSSR count). The average Bonchev–Trinajstić information content (AvgIpc) is 2.94. The van der Waals surface area contributed by atoms with E-state index in [1.807, 2.05) is 35.8 Å². The number of halogens is 1. The van der Waals surface area contributed by atoms with Gasteiger partial charge in [-0.1, -0.05) is 23.4 Å². The molecule has 7 heteroatoms. The van der Waals surface area contributed by atoms with Gasteiger partial charge in [-0.25, -0.2) is 0 Å². The number of ether oxygens (including phenoxy) is 1. The molecular weight excluding hydrogens is 320 g/mol. The summed E-state index contributed by atoms with van der Waals surface area (Å²) in [6, 6.07) is 9.72. The van der Waals surface area contributed by atoms with Crippen molar-refractivity contribution in [2.45, 2.75) is 18.6 Å². The molecule has 1 aromatic heterocycles. The van der Waals surface area contributed by atoms with E-state index >= 15 is 0 Å². The minimum Gasteiger partial charge on any atom is -0.383 e. The van der Waals surface area contributed by atoms with E-state index < -0.39 is 0 Å². The Hall–Kier alpha value is -1.55. The summed E-state index contributed by atoms with van der Waals surface area (Å²) >= 11 is 7.46. The van der Waals surface area contributed by atoms with Gasteiger partial charge in [0.25, 0.3) is 0 Å². The van der Waals surface area contributed by atoms with Crippen LogP contribution in [0.2, 0.25) is 5.02 Å². The number of nitriles is 1. The summed E-state index contributed by atoms with van der Waals surface area (Å²) in [6.07, 6.45) is 0. The van der Waals surface area contributed by atoms with Crippen LogP contribution in [0.25, 0.3) is 11.4 Å². The number of thioether (sulfide) groups is 1. The molecular formula is C15H17ClN4OS. The molecule has 0 radical (unpaired) electrons. The second kappa shape index (κ2) is 8.18. The summed E-state index contributed by atoms with van der Waals surface area (Å²) in [7, 11) is 1.66. The van der Waals surface area contributed by atoms with Gasteiger partial charge < -0.3 is 4.74 Å². The van der Waals surface area contributed by atoms with Gasteiger partial charge >= 0.3 is 0 Å². The summed E-state index contributed by atoms with van der Waals surface area (Å²) in [5.41, 5.74) is 0.952. The Morgan fingerprint density at radius 2 is 2.09 bits per heavy atom. The van der Waals surface area contributed by atoms with Crippen molar-refractivity contribution in [2.75, 3.05) is 19.5 Å². The number of rotatable bonds is 7. The molecule has 5 nitrogen and oxygen atoms in total. The van der Waals surface area contributed by atoms with Crippen molar-refractivity contribution in [1.82, 2.24) is 14.8 Å². The minimum absolute atomic E-state index is 0.0310. The molecule has 0 saturated carbocycles. The number of nitrogens with zero attached hydrogens (tertiary/aromatic N) is 4. The minimum atomic E-state index is -0.0310. The second-order valence-electron chi connectivity index (χ2n) is 4.80. The van der Waals surface area contributed by atoms with Crippen molar-refractivity contribution in [1.29, 1.82) is 5.26 Å². The van der Waals surface area contributed by atoms with Crippen molar-refractivity contribution in [3.63, 3.8) is 0 Å². The van der Waals surface area contributed by atoms with E-state index in [0.717, 1.165) is 16.5 Å². The van der Waals surface area contributed by atoms with Crippen LogP contribution in [0, 0.1) is 17.2 Å². The Labute approximate surface area is 139 Å². The zero-order valence-electron chi connectivity index (χ0n) is 12.5. The molecule has 116 valence electrons. The van der Waals surface area contributed by atoms with E-state index in [2.05, 4.69) is 16.3 Å². The smallest absolute Gasteiger partial charge is 0.191 e. The number of hydrogen-bond acceptors (Lipinski definition) is 5. The monoisotopic (exact) mass is 336 g/mol. The summed E-state index contributed by atoms with van der Waals surface area (Å²) < 4.78 is 7.18. The van der Waals surface area contributed by atoms with E-state index in [9.17, 15) is 0 Å². The molecule has 0 unspecified atom stereocenters. The van der Waals surface area contributed by atoms with Crippen LogP contribution in [0.5, 0.6) is 0 Å². The molecule has 0 saturated heterocycles. The third kappa shape index (κ3) is 4.23. The van der Waals surface area contributed by atoms with Crippen LogP contribution in [0.15, 0.2) is 29.4 Å². The molecule has 2 aromatic rings. The van der Waals surface area contributed by atoms with Gasteiger partial charge in [0.1, 0.15) is 0 Å². The Bertz CT molecular complexity index is 651. The fourth-order valence-corrected chi connectivity index (χ4v) is 2.86. The number of methoxy groups -OCH3 is 1. The Kier molecular flexibility index (Phi) is 6.25. The van der Waals surface area contributed by atoms with Crippen LogP contribution in [-0.4, -0.2) is 34.2 Å². The van der Waals surface area contributed by atoms with Gasteiger partial charge in [-0.15, -0.1) is 10.2 Å². The van der Waals surface area contributed by atoms with Gasteiger partial charge in [-0.3, -0.25) is 4.57 Å². The van der Waals surface area contributed by atoms with Crippen molar-refractivity contribution in [2.24, 2.45) is 5.92 Å². The van der Waals surface area contributed by atoms with Crippen molar-refractivity contribution in [3.8, 4) is 17.5 Å². The average molecular weight is 337 g/mol. The predicted molar refractivity (Wildman–Crippen MR) is 87.8 cm³/mol. The van der Waals surface area contributed by atoms with Crippen LogP contribution in [0.1, 0.15) is 6.92 Å². The molecule has 0 N–H and O–H groups in total. The summed E-state index contributed by atoms with van der Waals surface area (Å²) in [5, 5.41) is 18.9. The molecule has 0 fully saturated rings. The molecule has 0 aliphatic rings. The lowest BCUT2D eigenvalue weighted by atomic mass is 10.2. The van der Waals surface area contributed by atoms with Gasteiger partial charge in [0, 0.05) is 23.4 Å². The Balaban J connectivity index is 2.27. The van der Waals surface area contributed by atoms with Crippen molar-refractivity contribution < 1.29 is 4.74 Å². The zero-order chi connectivity index (χ0) is 15.9. The maximum Gasteiger partial charge on any atom is 0.191 e. The van der Waals surface area contributed by atoms with Crippen LogP contribution in [-0.2, 0) is 11.3 Å². The summed E-state index contributed by atoms with van der Waals surface area (Å²) in [6.45, 7) is 3.12. The first-order valence-corrected chi connectivity index (χ1v) is 8.22. The highest BCUT2D eigenvalue weighted by Gasteiger charge is 2.15. The second-order valence-corrected chi connectivity index (χ2v) is 6.22. The lowest BCUT2D eigenvalue weighted by Gasteiger charge is -2.10. The lowest BCUT2D eigenvalue weighted by Crippen LogP contribution is -2.08. The van der Waals surface area contributed by atoms with Gasteiger partial charge in [0.15, 0.2) is 11.0 Å². The quantitative estimate of drug-likeness (QED) is 0.724. The summed E-state index contributed by atoms with van der Waals surface area (Å²) in [4.78, 5) is 0. The largest absolute Gasteiger partial charge is 0.383 e. The van der Waals surface area contributed by atoms with Crippen LogP contribution >= 0.6 is 23.4 Å². The maximum absolute atomic E-state index is 8.89. The van der Waals surface area contributed by atoms with Crippen molar-refractivity contribution >= 4 is 23.4 Å². The SMILES string of the molecule is COCCn1c(SC[C@H](C)C#N)nnc1-c1ccc(Cl)cc1. The van der Waals surface area contributed by atoms with Crippen LogP contribution in [0.3, 0.4) is 0 Å². The first kappa shape index (κ1) is 16.8. The fourth-order valence-electron chi connectivity index (χ4n) is 1.83. The first-order chi connectivity index (χ1) is 10.7. The molecule has 0 aliphatic heterocycles. The maximum atomic E-state index is 8.89. The molecule has 1 heterocycles. The van der Waals surface area contributed by atoms with Gasteiger partial charge in [-0.2, -0.15) is 5.26 Å².